The van der Waals surface area contributed by atoms with Crippen molar-refractivity contribution >= 4 is 12.0 Å². The van der Waals surface area contributed by atoms with Gasteiger partial charge >= 0.3 is 12.0 Å². The molecular formula is C9H14N6O4. The molecule has 1 fully saturated rings. The van der Waals surface area contributed by atoms with Crippen molar-refractivity contribution in [2.45, 2.75) is 31.6 Å². The number of carbonyl (C=O) groups excluding carboxylic acids is 1. The van der Waals surface area contributed by atoms with Crippen molar-refractivity contribution in [3.8, 4) is 0 Å². The fourth-order valence-corrected chi connectivity index (χ4v) is 1.72. The van der Waals surface area contributed by atoms with Crippen LogP contribution < -0.4 is 10.6 Å². The van der Waals surface area contributed by atoms with Crippen LogP contribution in [0.3, 0.4) is 0 Å². The Morgan fingerprint density at radius 1 is 1.42 bits per heavy atom. The zero-order valence-electron chi connectivity index (χ0n) is 10.00. The summed E-state index contributed by atoms with van der Waals surface area (Å²) >= 11 is 0. The first-order valence-electron chi connectivity index (χ1n) is 5.77. The van der Waals surface area contributed by atoms with Gasteiger partial charge in [-0.15, -0.1) is 10.2 Å². The lowest BCUT2D eigenvalue weighted by Gasteiger charge is -2.12. The molecule has 10 heteroatoms. The fraction of sp³-hybridized carbons (Fsp3) is 0.667. The molecule has 0 aliphatic carbocycles. The number of hydrogen-bond acceptors (Lipinski definition) is 6. The molecule has 1 aromatic heterocycles. The van der Waals surface area contributed by atoms with Crippen LogP contribution in [-0.2, 0) is 16.1 Å². The molecule has 0 radical (unpaired) electrons. The minimum Gasteiger partial charge on any atom is -0.479 e. The zero-order valence-corrected chi connectivity index (χ0v) is 10.00. The maximum absolute atomic E-state index is 11.4. The smallest absolute Gasteiger partial charge is 0.332 e. The van der Waals surface area contributed by atoms with Crippen molar-refractivity contribution in [1.82, 2.24) is 31.3 Å². The second-order valence-corrected chi connectivity index (χ2v) is 4.05. The van der Waals surface area contributed by atoms with Crippen LogP contribution in [0.2, 0.25) is 0 Å². The minimum absolute atomic E-state index is 0.158. The lowest BCUT2D eigenvalue weighted by molar-refractivity contribution is -0.149. The normalized spacial score (nSPS) is 22.1. The Hall–Kier alpha value is -2.23. The number of ether oxygens (including phenoxy) is 1. The molecule has 4 N–H and O–H groups in total. The number of carbonyl (C=O) groups is 2. The summed E-state index contributed by atoms with van der Waals surface area (Å²) in [6.07, 6.45) is 0.0417. The average Bonchev–Trinajstić information content (AvgIpc) is 3.05. The highest BCUT2D eigenvalue weighted by Crippen LogP contribution is 2.18. The predicted octanol–water partition coefficient (Wildman–Crippen LogP) is -1.37. The van der Waals surface area contributed by atoms with E-state index in [1.807, 2.05) is 0 Å². The van der Waals surface area contributed by atoms with Crippen molar-refractivity contribution in [2.75, 3.05) is 6.54 Å². The first-order valence-corrected chi connectivity index (χ1v) is 5.77. The van der Waals surface area contributed by atoms with Crippen LogP contribution in [0.1, 0.15) is 18.7 Å². The molecule has 0 aromatic carbocycles. The predicted molar refractivity (Wildman–Crippen MR) is 59.9 cm³/mol. The standard InChI is InChI=1S/C9H14N6O4/c16-8(17)6-2-1-5(19-6)3-10-9(18)11-4-7-12-14-15-13-7/h5-6H,1-4H2,(H,16,17)(H2,10,11,18)(H,12,13,14,15). The van der Waals surface area contributed by atoms with Crippen molar-refractivity contribution in [1.29, 1.82) is 0 Å². The molecule has 1 aliphatic heterocycles. The van der Waals surface area contributed by atoms with E-state index in [1.54, 1.807) is 0 Å². The SMILES string of the molecule is O=C(NCc1nn[nH]n1)NCC1CCC(C(=O)O)O1. The minimum atomic E-state index is -0.968. The van der Waals surface area contributed by atoms with Crippen LogP contribution in [0, 0.1) is 0 Å². The Balaban J connectivity index is 1.63. The summed E-state index contributed by atoms with van der Waals surface area (Å²) in [5, 5.41) is 26.8. The first-order chi connectivity index (χ1) is 9.15. The van der Waals surface area contributed by atoms with E-state index in [9.17, 15) is 9.59 Å². The van der Waals surface area contributed by atoms with E-state index in [1.165, 1.54) is 0 Å². The van der Waals surface area contributed by atoms with E-state index >= 15 is 0 Å². The Morgan fingerprint density at radius 3 is 2.89 bits per heavy atom. The Kier molecular flexibility index (Phi) is 4.23. The number of urea groups is 1. The number of nitrogens with one attached hydrogen (secondary N) is 3. The van der Waals surface area contributed by atoms with Crippen LogP contribution in [0.25, 0.3) is 0 Å². The Morgan fingerprint density at radius 2 is 2.26 bits per heavy atom. The molecule has 1 saturated heterocycles. The number of aromatic amines is 1. The summed E-state index contributed by atoms with van der Waals surface area (Å²) in [5.74, 6) is -0.595. The lowest BCUT2D eigenvalue weighted by atomic mass is 10.2. The number of nitrogens with zero attached hydrogens (tertiary/aromatic N) is 3. The zero-order chi connectivity index (χ0) is 13.7. The quantitative estimate of drug-likeness (QED) is 0.517. The van der Waals surface area contributed by atoms with Gasteiger partial charge in [-0.2, -0.15) is 5.21 Å². The van der Waals surface area contributed by atoms with E-state index < -0.39 is 18.1 Å². The van der Waals surface area contributed by atoms with E-state index in [0.29, 0.717) is 18.7 Å². The van der Waals surface area contributed by atoms with Crippen LogP contribution in [0.4, 0.5) is 4.79 Å². The fourth-order valence-electron chi connectivity index (χ4n) is 1.72. The average molecular weight is 270 g/mol. The topological polar surface area (TPSA) is 142 Å². The van der Waals surface area contributed by atoms with Gasteiger partial charge in [-0.1, -0.05) is 5.21 Å². The van der Waals surface area contributed by atoms with E-state index in [-0.39, 0.29) is 19.2 Å². The van der Waals surface area contributed by atoms with Crippen molar-refractivity contribution in [3.05, 3.63) is 5.82 Å². The van der Waals surface area contributed by atoms with Crippen molar-refractivity contribution in [2.24, 2.45) is 0 Å². The van der Waals surface area contributed by atoms with E-state index in [0.717, 1.165) is 0 Å². The summed E-state index contributed by atoms with van der Waals surface area (Å²) in [4.78, 5) is 22.1. The first kappa shape index (κ1) is 13.2. The van der Waals surface area contributed by atoms with Crippen molar-refractivity contribution in [3.63, 3.8) is 0 Å². The van der Waals surface area contributed by atoms with E-state index in [4.69, 9.17) is 9.84 Å². The summed E-state index contributed by atoms with van der Waals surface area (Å²) < 4.78 is 5.24. The molecule has 1 aliphatic rings. The van der Waals surface area contributed by atoms with Gasteiger partial charge in [0, 0.05) is 6.54 Å². The second-order valence-electron chi connectivity index (χ2n) is 4.05. The number of amides is 2. The van der Waals surface area contributed by atoms with Gasteiger partial charge in [-0.3, -0.25) is 0 Å². The van der Waals surface area contributed by atoms with Gasteiger partial charge in [0.15, 0.2) is 11.9 Å². The van der Waals surface area contributed by atoms with Crippen LogP contribution in [0.5, 0.6) is 0 Å². The van der Waals surface area contributed by atoms with Gasteiger partial charge in [0.05, 0.1) is 12.6 Å². The van der Waals surface area contributed by atoms with Crippen LogP contribution in [-0.4, -0.2) is 56.5 Å². The van der Waals surface area contributed by atoms with E-state index in [2.05, 4.69) is 31.3 Å². The number of carboxylic acids is 1. The van der Waals surface area contributed by atoms with Crippen LogP contribution in [0.15, 0.2) is 0 Å². The maximum Gasteiger partial charge on any atom is 0.332 e. The molecule has 19 heavy (non-hydrogen) atoms. The molecule has 104 valence electrons. The van der Waals surface area contributed by atoms with Gasteiger partial charge in [0.1, 0.15) is 0 Å². The number of H-pyrrole nitrogens is 1. The summed E-state index contributed by atoms with van der Waals surface area (Å²) in [6, 6.07) is -0.396. The number of hydrogen-bond donors (Lipinski definition) is 4. The summed E-state index contributed by atoms with van der Waals surface area (Å²) in [6.45, 7) is 0.424. The third-order valence-corrected chi connectivity index (χ3v) is 2.67. The van der Waals surface area contributed by atoms with Crippen molar-refractivity contribution < 1.29 is 19.4 Å². The molecule has 2 rings (SSSR count). The summed E-state index contributed by atoms with van der Waals surface area (Å²) in [5.41, 5.74) is 0. The Labute approximate surface area is 107 Å². The van der Waals surface area contributed by atoms with Gasteiger partial charge in [-0.05, 0) is 12.8 Å². The summed E-state index contributed by atoms with van der Waals surface area (Å²) in [7, 11) is 0. The highest BCUT2D eigenvalue weighted by Gasteiger charge is 2.30. The van der Waals surface area contributed by atoms with Crippen LogP contribution >= 0.6 is 0 Å². The molecular weight excluding hydrogens is 256 g/mol. The molecule has 2 heterocycles. The molecule has 2 unspecified atom stereocenters. The molecule has 10 nitrogen and oxygen atoms in total. The van der Waals surface area contributed by atoms with Gasteiger partial charge in [0.2, 0.25) is 0 Å². The molecule has 0 saturated carbocycles. The third-order valence-electron chi connectivity index (χ3n) is 2.67. The molecule has 1 aromatic rings. The number of tetrazole rings is 1. The largest absolute Gasteiger partial charge is 0.479 e. The van der Waals surface area contributed by atoms with Gasteiger partial charge < -0.3 is 20.5 Å². The highest BCUT2D eigenvalue weighted by atomic mass is 16.5. The Bertz CT molecular complexity index is 436. The number of rotatable bonds is 5. The van der Waals surface area contributed by atoms with Gasteiger partial charge in [-0.25, -0.2) is 9.59 Å². The molecule has 0 bridgehead atoms. The lowest BCUT2D eigenvalue weighted by Crippen LogP contribution is -2.39. The number of carboxylic acid groups (broad SMARTS) is 1. The number of aromatic nitrogens is 4. The maximum atomic E-state index is 11.4. The highest BCUT2D eigenvalue weighted by molar-refractivity contribution is 5.74. The number of aliphatic carboxylic acids is 1. The molecule has 0 spiro atoms. The monoisotopic (exact) mass is 270 g/mol. The molecule has 2 atom stereocenters. The molecule has 2 amide bonds. The third kappa shape index (κ3) is 3.88. The van der Waals surface area contributed by atoms with Gasteiger partial charge in [0.25, 0.3) is 0 Å². The second kappa shape index (κ2) is 6.09.